The summed E-state index contributed by atoms with van der Waals surface area (Å²) >= 11 is 0. The molecule has 1 atom stereocenters. The number of nitrogens with zero attached hydrogens (tertiary/aromatic N) is 4. The van der Waals surface area contributed by atoms with Gasteiger partial charge < -0.3 is 20.5 Å². The predicted octanol–water partition coefficient (Wildman–Crippen LogP) is -0.836. The van der Waals surface area contributed by atoms with Gasteiger partial charge in [-0.05, 0) is 0 Å². The second kappa shape index (κ2) is 5.10. The molecule has 0 saturated carbocycles. The van der Waals surface area contributed by atoms with Crippen molar-refractivity contribution in [2.45, 2.75) is 6.04 Å². The quantitative estimate of drug-likeness (QED) is 0.528. The van der Waals surface area contributed by atoms with Crippen molar-refractivity contribution in [3.63, 3.8) is 0 Å². The third-order valence-corrected chi connectivity index (χ3v) is 2.68. The number of hydrogen-bond donors (Lipinski definition) is 2. The zero-order valence-electron chi connectivity index (χ0n) is 9.52. The number of aliphatic hydroxyl groups is 1. The lowest BCUT2D eigenvalue weighted by atomic mass is 10.2. The lowest BCUT2D eigenvalue weighted by molar-refractivity contribution is -0.384. The number of nitrogens with two attached hydrogens (primary N) is 1. The zero-order chi connectivity index (χ0) is 13.1. The van der Waals surface area contributed by atoms with Crippen molar-refractivity contribution >= 4 is 17.5 Å². The summed E-state index contributed by atoms with van der Waals surface area (Å²) in [5.74, 6) is 0.0774. The molecule has 2 heterocycles. The second-order valence-corrected chi connectivity index (χ2v) is 3.80. The third-order valence-electron chi connectivity index (χ3n) is 2.68. The molecule has 9 heteroatoms. The molecule has 18 heavy (non-hydrogen) atoms. The molecule has 1 fully saturated rings. The molecule has 0 radical (unpaired) electrons. The van der Waals surface area contributed by atoms with Gasteiger partial charge in [0.05, 0.1) is 30.8 Å². The van der Waals surface area contributed by atoms with Crippen LogP contribution < -0.4 is 10.6 Å². The van der Waals surface area contributed by atoms with Crippen molar-refractivity contribution in [3.05, 3.63) is 16.3 Å². The van der Waals surface area contributed by atoms with Crippen molar-refractivity contribution in [2.75, 3.05) is 37.0 Å². The van der Waals surface area contributed by atoms with Crippen LogP contribution in [0.1, 0.15) is 0 Å². The van der Waals surface area contributed by atoms with Gasteiger partial charge in [-0.2, -0.15) is 4.98 Å². The first kappa shape index (κ1) is 12.5. The van der Waals surface area contributed by atoms with Gasteiger partial charge in [-0.15, -0.1) is 0 Å². The van der Waals surface area contributed by atoms with E-state index >= 15 is 0 Å². The highest BCUT2D eigenvalue weighted by molar-refractivity contribution is 5.59. The van der Waals surface area contributed by atoms with Gasteiger partial charge in [0.15, 0.2) is 0 Å². The Balaban J connectivity index is 2.41. The number of ether oxygens (including phenoxy) is 1. The highest BCUT2D eigenvalue weighted by atomic mass is 16.6. The molecule has 1 aromatic rings. The normalized spacial score (nSPS) is 19.8. The molecule has 9 nitrogen and oxygen atoms in total. The molecule has 0 aromatic carbocycles. The van der Waals surface area contributed by atoms with Crippen molar-refractivity contribution < 1.29 is 14.8 Å². The standard InChI is InChI=1S/C9H13N5O4/c10-9-11-3-7(14(16)17)8(12-9)13-1-2-18-5-6(13)4-15/h3,6,15H,1-2,4-5H2,(H2,10,11,12). The molecule has 1 aliphatic rings. The third kappa shape index (κ3) is 2.31. The average molecular weight is 255 g/mol. The Bertz CT molecular complexity index is 455. The SMILES string of the molecule is Nc1ncc([N+](=O)[O-])c(N2CCOCC2CO)n1. The van der Waals surface area contributed by atoms with E-state index in [-0.39, 0.29) is 36.7 Å². The van der Waals surface area contributed by atoms with Gasteiger partial charge in [0.25, 0.3) is 0 Å². The minimum Gasteiger partial charge on any atom is -0.394 e. The molecule has 98 valence electrons. The van der Waals surface area contributed by atoms with Crippen LogP contribution in [0.25, 0.3) is 0 Å². The lowest BCUT2D eigenvalue weighted by Crippen LogP contribution is -2.48. The largest absolute Gasteiger partial charge is 0.394 e. The van der Waals surface area contributed by atoms with Crippen LogP contribution in [-0.2, 0) is 4.74 Å². The lowest BCUT2D eigenvalue weighted by Gasteiger charge is -2.34. The summed E-state index contributed by atoms with van der Waals surface area (Å²) in [6.07, 6.45) is 1.07. The summed E-state index contributed by atoms with van der Waals surface area (Å²) in [6, 6.07) is -0.369. The second-order valence-electron chi connectivity index (χ2n) is 3.80. The van der Waals surface area contributed by atoms with Gasteiger partial charge in [-0.3, -0.25) is 10.1 Å². The Labute approximate surface area is 102 Å². The molecule has 0 amide bonds. The maximum atomic E-state index is 10.9. The van der Waals surface area contributed by atoms with E-state index in [0.29, 0.717) is 13.2 Å². The first-order chi connectivity index (χ1) is 8.63. The Hall–Kier alpha value is -2.00. The number of nitrogen functional groups attached to an aromatic ring is 1. The van der Waals surface area contributed by atoms with E-state index in [1.165, 1.54) is 0 Å². The van der Waals surface area contributed by atoms with E-state index in [1.54, 1.807) is 4.90 Å². The van der Waals surface area contributed by atoms with Gasteiger partial charge in [0, 0.05) is 6.54 Å². The summed E-state index contributed by atoms with van der Waals surface area (Å²) < 4.78 is 5.21. The Morgan fingerprint density at radius 2 is 2.50 bits per heavy atom. The molecule has 1 aliphatic heterocycles. The first-order valence-electron chi connectivity index (χ1n) is 5.35. The first-order valence-corrected chi connectivity index (χ1v) is 5.35. The summed E-state index contributed by atoms with van der Waals surface area (Å²) in [4.78, 5) is 19.5. The maximum absolute atomic E-state index is 10.9. The van der Waals surface area contributed by atoms with E-state index in [0.717, 1.165) is 6.20 Å². The number of anilines is 2. The van der Waals surface area contributed by atoms with E-state index < -0.39 is 4.92 Å². The Morgan fingerprint density at radius 3 is 3.17 bits per heavy atom. The molecule has 1 aromatic heterocycles. The number of aromatic nitrogens is 2. The van der Waals surface area contributed by atoms with E-state index in [4.69, 9.17) is 10.5 Å². The fourth-order valence-corrected chi connectivity index (χ4v) is 1.80. The summed E-state index contributed by atoms with van der Waals surface area (Å²) in [7, 11) is 0. The molecule has 2 rings (SSSR count). The predicted molar refractivity (Wildman–Crippen MR) is 62.1 cm³/mol. The van der Waals surface area contributed by atoms with Crippen molar-refractivity contribution in [2.24, 2.45) is 0 Å². The Kier molecular flexibility index (Phi) is 3.53. The summed E-state index contributed by atoms with van der Waals surface area (Å²) in [6.45, 7) is 0.929. The maximum Gasteiger partial charge on any atom is 0.329 e. The molecular formula is C9H13N5O4. The van der Waals surface area contributed by atoms with E-state index in [9.17, 15) is 15.2 Å². The molecule has 0 bridgehead atoms. The van der Waals surface area contributed by atoms with E-state index in [1.807, 2.05) is 0 Å². The van der Waals surface area contributed by atoms with Crippen LogP contribution in [0.3, 0.4) is 0 Å². The number of rotatable bonds is 3. The fraction of sp³-hybridized carbons (Fsp3) is 0.556. The monoisotopic (exact) mass is 255 g/mol. The molecule has 1 saturated heterocycles. The molecular weight excluding hydrogens is 242 g/mol. The topological polar surface area (TPSA) is 128 Å². The summed E-state index contributed by atoms with van der Waals surface area (Å²) in [5.41, 5.74) is 5.22. The highest BCUT2D eigenvalue weighted by Crippen LogP contribution is 2.28. The van der Waals surface area contributed by atoms with Crippen molar-refractivity contribution in [1.82, 2.24) is 9.97 Å². The highest BCUT2D eigenvalue weighted by Gasteiger charge is 2.30. The Morgan fingerprint density at radius 1 is 1.72 bits per heavy atom. The number of nitro groups is 1. The minimum atomic E-state index is -0.571. The number of aliphatic hydroxyl groups excluding tert-OH is 1. The van der Waals surface area contributed by atoms with Gasteiger partial charge >= 0.3 is 5.69 Å². The van der Waals surface area contributed by atoms with Gasteiger partial charge in [-0.1, -0.05) is 0 Å². The number of hydrogen-bond acceptors (Lipinski definition) is 8. The molecule has 0 aliphatic carbocycles. The van der Waals surface area contributed by atoms with Crippen LogP contribution in [0.5, 0.6) is 0 Å². The van der Waals surface area contributed by atoms with Crippen LogP contribution >= 0.6 is 0 Å². The molecule has 3 N–H and O–H groups in total. The van der Waals surface area contributed by atoms with Crippen LogP contribution in [0.15, 0.2) is 6.20 Å². The smallest absolute Gasteiger partial charge is 0.329 e. The minimum absolute atomic E-state index is 0.0428. The van der Waals surface area contributed by atoms with Gasteiger partial charge in [-0.25, -0.2) is 4.98 Å². The average Bonchev–Trinajstić information content (AvgIpc) is 2.38. The zero-order valence-corrected chi connectivity index (χ0v) is 9.52. The van der Waals surface area contributed by atoms with E-state index in [2.05, 4.69) is 9.97 Å². The van der Waals surface area contributed by atoms with Crippen LogP contribution in [-0.4, -0.2) is 52.4 Å². The van der Waals surface area contributed by atoms with Crippen molar-refractivity contribution in [1.29, 1.82) is 0 Å². The fourth-order valence-electron chi connectivity index (χ4n) is 1.80. The van der Waals surface area contributed by atoms with Crippen LogP contribution in [0.2, 0.25) is 0 Å². The molecule has 0 spiro atoms. The van der Waals surface area contributed by atoms with Gasteiger partial charge in [0.1, 0.15) is 6.20 Å². The van der Waals surface area contributed by atoms with Crippen LogP contribution in [0.4, 0.5) is 17.5 Å². The van der Waals surface area contributed by atoms with Crippen LogP contribution in [0, 0.1) is 10.1 Å². The van der Waals surface area contributed by atoms with Gasteiger partial charge in [0.2, 0.25) is 11.8 Å². The molecule has 1 unspecified atom stereocenters. The van der Waals surface area contributed by atoms with Crippen molar-refractivity contribution in [3.8, 4) is 0 Å². The number of morpholine rings is 1. The summed E-state index contributed by atoms with van der Waals surface area (Å²) in [5, 5.41) is 20.2.